The Morgan fingerprint density at radius 1 is 0.958 bits per heavy atom. The standard InChI is InChI=1S/C20H24NO2P/c22-24(19-12-5-2-6-13-19)21(15-17-9-3-1-4-10-17)20-14-8-7-11-18(20)16-23-24/h1-6,9-10,12-13,18,20H,7-8,11,14-16H2/t18-,20+,24?/m0/s1. The quantitative estimate of drug-likeness (QED) is 0.765. The molecule has 0 aromatic heterocycles. The fourth-order valence-electron chi connectivity index (χ4n) is 4.06. The maximum absolute atomic E-state index is 13.9. The van der Waals surface area contributed by atoms with Crippen molar-refractivity contribution in [3.8, 4) is 0 Å². The van der Waals surface area contributed by atoms with E-state index in [0.29, 0.717) is 25.1 Å². The van der Waals surface area contributed by atoms with Gasteiger partial charge in [-0.25, -0.2) is 4.67 Å². The van der Waals surface area contributed by atoms with Gasteiger partial charge in [0.05, 0.1) is 11.9 Å². The van der Waals surface area contributed by atoms with Gasteiger partial charge in [-0.3, -0.25) is 4.57 Å². The fraction of sp³-hybridized carbons (Fsp3) is 0.400. The van der Waals surface area contributed by atoms with Crippen LogP contribution in [0.15, 0.2) is 60.7 Å². The van der Waals surface area contributed by atoms with Crippen molar-refractivity contribution in [3.63, 3.8) is 0 Å². The van der Waals surface area contributed by atoms with Crippen molar-refractivity contribution in [1.82, 2.24) is 4.67 Å². The first-order valence-electron chi connectivity index (χ1n) is 8.88. The van der Waals surface area contributed by atoms with Gasteiger partial charge in [-0.05, 0) is 36.5 Å². The molecule has 0 radical (unpaired) electrons. The maximum Gasteiger partial charge on any atom is 0.302 e. The van der Waals surface area contributed by atoms with Crippen LogP contribution in [0.1, 0.15) is 31.2 Å². The molecule has 1 saturated heterocycles. The third-order valence-corrected chi connectivity index (χ3v) is 7.89. The van der Waals surface area contributed by atoms with Gasteiger partial charge in [0.15, 0.2) is 0 Å². The number of nitrogens with zero attached hydrogens (tertiary/aromatic N) is 1. The average molecular weight is 341 g/mol. The first-order valence-corrected chi connectivity index (χ1v) is 10.5. The van der Waals surface area contributed by atoms with Crippen molar-refractivity contribution in [2.24, 2.45) is 5.92 Å². The number of hydrogen-bond acceptors (Lipinski definition) is 2. The van der Waals surface area contributed by atoms with Crippen molar-refractivity contribution in [3.05, 3.63) is 66.2 Å². The molecular formula is C20H24NO2P. The first-order chi connectivity index (χ1) is 11.8. The van der Waals surface area contributed by atoms with Crippen LogP contribution in [-0.2, 0) is 15.6 Å². The Balaban J connectivity index is 1.72. The van der Waals surface area contributed by atoms with Gasteiger partial charge < -0.3 is 4.52 Å². The molecule has 4 heteroatoms. The summed E-state index contributed by atoms with van der Waals surface area (Å²) >= 11 is 0. The van der Waals surface area contributed by atoms with Gasteiger partial charge in [-0.15, -0.1) is 0 Å². The minimum Gasteiger partial charge on any atom is -0.314 e. The van der Waals surface area contributed by atoms with Crippen molar-refractivity contribution < 1.29 is 9.09 Å². The topological polar surface area (TPSA) is 29.5 Å². The molecule has 0 spiro atoms. The van der Waals surface area contributed by atoms with Crippen LogP contribution in [0, 0.1) is 5.92 Å². The van der Waals surface area contributed by atoms with E-state index in [1.165, 1.54) is 24.8 Å². The van der Waals surface area contributed by atoms with Crippen molar-refractivity contribution in [2.75, 3.05) is 6.61 Å². The molecule has 0 bridgehead atoms. The predicted molar refractivity (Wildman–Crippen MR) is 97.4 cm³/mol. The SMILES string of the molecule is O=P1(c2ccccc2)OC[C@@H]2CCCC[C@H]2N1Cc1ccccc1. The number of rotatable bonds is 3. The highest BCUT2D eigenvalue weighted by Gasteiger charge is 2.46. The van der Waals surface area contributed by atoms with Gasteiger partial charge in [0, 0.05) is 12.6 Å². The van der Waals surface area contributed by atoms with E-state index in [-0.39, 0.29) is 0 Å². The number of fused-ring (bicyclic) bond motifs is 1. The molecular weight excluding hydrogens is 317 g/mol. The second-order valence-corrected chi connectivity index (χ2v) is 9.18. The van der Waals surface area contributed by atoms with E-state index < -0.39 is 7.52 Å². The maximum atomic E-state index is 13.9. The highest BCUT2D eigenvalue weighted by molar-refractivity contribution is 7.64. The third-order valence-electron chi connectivity index (χ3n) is 5.32. The van der Waals surface area contributed by atoms with Crippen LogP contribution in [0.5, 0.6) is 0 Å². The molecule has 4 rings (SSSR count). The van der Waals surface area contributed by atoms with Gasteiger partial charge in [-0.2, -0.15) is 0 Å². The van der Waals surface area contributed by atoms with E-state index in [0.717, 1.165) is 11.7 Å². The molecule has 2 aromatic carbocycles. The van der Waals surface area contributed by atoms with E-state index in [1.807, 2.05) is 48.5 Å². The van der Waals surface area contributed by atoms with Crippen LogP contribution in [0.3, 0.4) is 0 Å². The smallest absolute Gasteiger partial charge is 0.302 e. The molecule has 2 fully saturated rings. The van der Waals surface area contributed by atoms with Crippen LogP contribution in [0.2, 0.25) is 0 Å². The van der Waals surface area contributed by atoms with Crippen molar-refractivity contribution in [2.45, 2.75) is 38.3 Å². The summed E-state index contributed by atoms with van der Waals surface area (Å²) in [7, 11) is -3.00. The Hall–Kier alpha value is -1.41. The van der Waals surface area contributed by atoms with E-state index >= 15 is 0 Å². The van der Waals surface area contributed by atoms with Gasteiger partial charge in [0.1, 0.15) is 0 Å². The molecule has 24 heavy (non-hydrogen) atoms. The molecule has 1 aliphatic heterocycles. The van der Waals surface area contributed by atoms with Gasteiger partial charge in [-0.1, -0.05) is 61.4 Å². The van der Waals surface area contributed by atoms with Crippen LogP contribution in [-0.4, -0.2) is 17.3 Å². The summed E-state index contributed by atoms with van der Waals surface area (Å²) in [5, 5.41) is 0.824. The molecule has 3 atom stereocenters. The van der Waals surface area contributed by atoms with Crippen LogP contribution < -0.4 is 5.30 Å². The van der Waals surface area contributed by atoms with Crippen molar-refractivity contribution >= 4 is 12.8 Å². The lowest BCUT2D eigenvalue weighted by Gasteiger charge is -2.47. The summed E-state index contributed by atoms with van der Waals surface area (Å²) in [6.45, 7) is 1.32. The van der Waals surface area contributed by atoms with E-state index in [4.69, 9.17) is 4.52 Å². The zero-order chi connectivity index (χ0) is 16.4. The minimum absolute atomic E-state index is 0.360. The molecule has 3 nitrogen and oxygen atoms in total. The molecule has 2 aliphatic rings. The molecule has 0 N–H and O–H groups in total. The Kier molecular flexibility index (Phi) is 4.58. The molecule has 1 unspecified atom stereocenters. The lowest BCUT2D eigenvalue weighted by atomic mass is 9.85. The molecule has 126 valence electrons. The second kappa shape index (κ2) is 6.84. The molecule has 1 saturated carbocycles. The van der Waals surface area contributed by atoms with Crippen LogP contribution >= 0.6 is 7.52 Å². The summed E-state index contributed by atoms with van der Waals surface area (Å²) in [6, 6.07) is 20.5. The predicted octanol–water partition coefficient (Wildman–Crippen LogP) is 4.60. The summed E-state index contributed by atoms with van der Waals surface area (Å²) in [5.74, 6) is 0.508. The zero-order valence-corrected chi connectivity index (χ0v) is 14.8. The lowest BCUT2D eigenvalue weighted by Crippen LogP contribution is -2.48. The van der Waals surface area contributed by atoms with E-state index in [2.05, 4.69) is 16.8 Å². The molecule has 1 aliphatic carbocycles. The Labute approximate surface area is 144 Å². The lowest BCUT2D eigenvalue weighted by molar-refractivity contribution is 0.0669. The van der Waals surface area contributed by atoms with Gasteiger partial charge >= 0.3 is 7.52 Å². The fourth-order valence-corrected chi connectivity index (χ4v) is 6.64. The molecule has 1 heterocycles. The Morgan fingerprint density at radius 3 is 2.38 bits per heavy atom. The largest absolute Gasteiger partial charge is 0.314 e. The number of benzene rings is 2. The average Bonchev–Trinajstić information content (AvgIpc) is 2.66. The Bertz CT molecular complexity index is 719. The highest BCUT2D eigenvalue weighted by Crippen LogP contribution is 2.58. The molecule has 2 aromatic rings. The normalized spacial score (nSPS) is 30.7. The number of hydrogen-bond donors (Lipinski definition) is 0. The zero-order valence-electron chi connectivity index (χ0n) is 13.9. The second-order valence-electron chi connectivity index (χ2n) is 6.85. The monoisotopic (exact) mass is 341 g/mol. The first kappa shape index (κ1) is 16.1. The summed E-state index contributed by atoms with van der Waals surface area (Å²) in [6.07, 6.45) is 4.79. The minimum atomic E-state index is -3.00. The Morgan fingerprint density at radius 2 is 1.62 bits per heavy atom. The van der Waals surface area contributed by atoms with Crippen LogP contribution in [0.4, 0.5) is 0 Å². The van der Waals surface area contributed by atoms with E-state index in [1.54, 1.807) is 0 Å². The van der Waals surface area contributed by atoms with E-state index in [9.17, 15) is 4.57 Å². The van der Waals surface area contributed by atoms with Crippen molar-refractivity contribution in [1.29, 1.82) is 0 Å². The van der Waals surface area contributed by atoms with Gasteiger partial charge in [0.2, 0.25) is 0 Å². The third kappa shape index (κ3) is 2.97. The summed E-state index contributed by atoms with van der Waals surface area (Å²) in [5.41, 5.74) is 1.20. The molecule has 0 amide bonds. The van der Waals surface area contributed by atoms with Gasteiger partial charge in [0.25, 0.3) is 0 Å². The summed E-state index contributed by atoms with van der Waals surface area (Å²) < 4.78 is 22.2. The van der Waals surface area contributed by atoms with Crippen LogP contribution in [0.25, 0.3) is 0 Å². The highest BCUT2D eigenvalue weighted by atomic mass is 31.2. The summed E-state index contributed by atoms with van der Waals surface area (Å²) in [4.78, 5) is 0.